The molecular weight excluding hydrogens is 220 g/mol. The van der Waals surface area contributed by atoms with E-state index in [4.69, 9.17) is 5.11 Å². The first-order chi connectivity index (χ1) is 8.10. The van der Waals surface area contributed by atoms with Crippen LogP contribution in [-0.2, 0) is 11.2 Å². The monoisotopic (exact) mass is 236 g/mol. The Kier molecular flexibility index (Phi) is 3.31. The maximum Gasteiger partial charge on any atom is 0.228 e. The van der Waals surface area contributed by atoms with Gasteiger partial charge >= 0.3 is 0 Å². The number of hydrogen-bond donors (Lipinski definition) is 3. The highest BCUT2D eigenvalue weighted by Gasteiger charge is 2.18. The minimum Gasteiger partial charge on any atom is -0.394 e. The molecule has 0 fully saturated rings. The van der Waals surface area contributed by atoms with Gasteiger partial charge in [0.15, 0.2) is 0 Å². The first-order valence-corrected chi connectivity index (χ1v) is 5.53. The average Bonchev–Trinajstić information content (AvgIpc) is 2.67. The van der Waals surface area contributed by atoms with Crippen molar-refractivity contribution in [1.29, 1.82) is 0 Å². The van der Waals surface area contributed by atoms with Gasteiger partial charge < -0.3 is 20.4 Å². The second-order valence-corrected chi connectivity index (χ2v) is 4.28. The van der Waals surface area contributed by atoms with Crippen LogP contribution in [0.2, 0.25) is 0 Å². The van der Waals surface area contributed by atoms with Gasteiger partial charge in [0, 0.05) is 25.0 Å². The molecule has 2 rings (SSSR count). The number of carbonyl (C=O) groups is 1. The molecule has 1 aromatic carbocycles. The van der Waals surface area contributed by atoms with E-state index in [2.05, 4.69) is 5.32 Å². The Morgan fingerprint density at radius 1 is 1.53 bits per heavy atom. The summed E-state index contributed by atoms with van der Waals surface area (Å²) in [6.45, 7) is 0.103. The number of rotatable bonds is 4. The zero-order chi connectivity index (χ0) is 12.4. The number of fused-ring (bicyclic) bond motifs is 1. The van der Waals surface area contributed by atoms with Crippen LogP contribution < -0.4 is 10.2 Å². The van der Waals surface area contributed by atoms with E-state index < -0.39 is 6.10 Å². The maximum absolute atomic E-state index is 11.2. The van der Waals surface area contributed by atoms with Gasteiger partial charge in [-0.05, 0) is 23.8 Å². The lowest BCUT2D eigenvalue weighted by Crippen LogP contribution is -2.31. The Balaban J connectivity index is 2.12. The van der Waals surface area contributed by atoms with E-state index in [1.54, 1.807) is 0 Å². The van der Waals surface area contributed by atoms with Crippen LogP contribution in [0.5, 0.6) is 0 Å². The summed E-state index contributed by atoms with van der Waals surface area (Å²) in [5.74, 6) is 0.00944. The number of carbonyl (C=O) groups excluding carboxylic acids is 1. The van der Waals surface area contributed by atoms with Crippen molar-refractivity contribution in [2.45, 2.75) is 12.5 Å². The lowest BCUT2D eigenvalue weighted by Gasteiger charge is -2.22. The summed E-state index contributed by atoms with van der Waals surface area (Å²) in [5.41, 5.74) is 2.75. The summed E-state index contributed by atoms with van der Waals surface area (Å²) in [7, 11) is 1.84. The molecule has 0 aromatic heterocycles. The SMILES string of the molecule is CN(CC(O)CO)c1ccc2c(c1)CC(=O)N2. The molecule has 0 radical (unpaired) electrons. The number of hydrogen-bond acceptors (Lipinski definition) is 4. The van der Waals surface area contributed by atoms with E-state index in [1.807, 2.05) is 30.1 Å². The van der Waals surface area contributed by atoms with Crippen molar-refractivity contribution in [3.05, 3.63) is 23.8 Å². The molecule has 1 amide bonds. The summed E-state index contributed by atoms with van der Waals surface area (Å²) in [6, 6.07) is 5.67. The normalized spacial score (nSPS) is 15.4. The molecule has 0 saturated heterocycles. The molecule has 0 aliphatic carbocycles. The smallest absolute Gasteiger partial charge is 0.228 e. The van der Waals surface area contributed by atoms with Crippen LogP contribution in [0.1, 0.15) is 5.56 Å². The van der Waals surface area contributed by atoms with Gasteiger partial charge in [0.25, 0.3) is 0 Å². The third-order valence-corrected chi connectivity index (χ3v) is 2.85. The third kappa shape index (κ3) is 2.57. The Bertz CT molecular complexity index is 434. The van der Waals surface area contributed by atoms with Gasteiger partial charge in [0.1, 0.15) is 0 Å². The molecule has 3 N–H and O–H groups in total. The molecule has 1 unspecified atom stereocenters. The van der Waals surface area contributed by atoms with E-state index in [1.165, 1.54) is 0 Å². The minimum atomic E-state index is -0.756. The third-order valence-electron chi connectivity index (χ3n) is 2.85. The quantitative estimate of drug-likeness (QED) is 0.686. The number of nitrogens with one attached hydrogen (secondary N) is 1. The van der Waals surface area contributed by atoms with Gasteiger partial charge in [-0.2, -0.15) is 0 Å². The highest BCUT2D eigenvalue weighted by atomic mass is 16.3. The number of anilines is 2. The maximum atomic E-state index is 11.2. The number of amides is 1. The fourth-order valence-corrected chi connectivity index (χ4v) is 1.93. The van der Waals surface area contributed by atoms with Crippen molar-refractivity contribution >= 4 is 17.3 Å². The highest BCUT2D eigenvalue weighted by molar-refractivity contribution is 5.99. The molecule has 0 spiro atoms. The summed E-state index contributed by atoms with van der Waals surface area (Å²) in [6.07, 6.45) is -0.354. The zero-order valence-corrected chi connectivity index (χ0v) is 9.68. The van der Waals surface area contributed by atoms with Crippen molar-refractivity contribution in [3.8, 4) is 0 Å². The molecule has 1 aliphatic rings. The van der Waals surface area contributed by atoms with Crippen molar-refractivity contribution in [3.63, 3.8) is 0 Å². The molecule has 1 heterocycles. The zero-order valence-electron chi connectivity index (χ0n) is 9.68. The molecular formula is C12H16N2O3. The number of benzene rings is 1. The molecule has 1 aromatic rings. The highest BCUT2D eigenvalue weighted by Crippen LogP contribution is 2.27. The molecule has 17 heavy (non-hydrogen) atoms. The number of aliphatic hydroxyl groups is 2. The molecule has 0 bridgehead atoms. The average molecular weight is 236 g/mol. The summed E-state index contributed by atoms with van der Waals surface area (Å²) >= 11 is 0. The first kappa shape index (κ1) is 11.9. The largest absolute Gasteiger partial charge is 0.394 e. The molecule has 5 heteroatoms. The molecule has 1 aliphatic heterocycles. The van der Waals surface area contributed by atoms with E-state index in [9.17, 15) is 9.90 Å². The second kappa shape index (κ2) is 4.73. The van der Waals surface area contributed by atoms with E-state index in [0.717, 1.165) is 16.9 Å². The predicted molar refractivity (Wildman–Crippen MR) is 65.1 cm³/mol. The molecule has 0 saturated carbocycles. The minimum absolute atomic E-state index is 0.00944. The first-order valence-electron chi connectivity index (χ1n) is 5.53. The Hall–Kier alpha value is -1.59. The Morgan fingerprint density at radius 2 is 2.29 bits per heavy atom. The van der Waals surface area contributed by atoms with E-state index in [0.29, 0.717) is 13.0 Å². The second-order valence-electron chi connectivity index (χ2n) is 4.28. The Morgan fingerprint density at radius 3 is 3.00 bits per heavy atom. The van der Waals surface area contributed by atoms with Crippen LogP contribution in [0.25, 0.3) is 0 Å². The van der Waals surface area contributed by atoms with Crippen LogP contribution in [-0.4, -0.2) is 42.4 Å². The Labute approximate surface area is 99.7 Å². The summed E-state index contributed by atoms with van der Waals surface area (Å²) < 4.78 is 0. The van der Waals surface area contributed by atoms with Crippen LogP contribution in [0, 0.1) is 0 Å². The van der Waals surface area contributed by atoms with Gasteiger partial charge in [0.2, 0.25) is 5.91 Å². The number of nitrogens with zero attached hydrogens (tertiary/aromatic N) is 1. The molecule has 92 valence electrons. The summed E-state index contributed by atoms with van der Waals surface area (Å²) in [4.78, 5) is 13.1. The van der Waals surface area contributed by atoms with Crippen LogP contribution in [0.3, 0.4) is 0 Å². The molecule has 1 atom stereocenters. The van der Waals surface area contributed by atoms with Crippen molar-refractivity contribution in [1.82, 2.24) is 0 Å². The van der Waals surface area contributed by atoms with Crippen molar-refractivity contribution in [2.24, 2.45) is 0 Å². The summed E-state index contributed by atoms with van der Waals surface area (Å²) in [5, 5.41) is 20.9. The standard InChI is InChI=1S/C12H16N2O3/c1-14(6-10(16)7-15)9-2-3-11-8(4-9)5-12(17)13-11/h2-4,10,15-16H,5-7H2,1H3,(H,13,17). The van der Waals surface area contributed by atoms with Gasteiger partial charge in [-0.1, -0.05) is 0 Å². The van der Waals surface area contributed by atoms with Crippen molar-refractivity contribution < 1.29 is 15.0 Å². The predicted octanol–water partition coefficient (Wildman–Crippen LogP) is -0.0294. The lowest BCUT2D eigenvalue weighted by molar-refractivity contribution is -0.115. The molecule has 5 nitrogen and oxygen atoms in total. The van der Waals surface area contributed by atoms with E-state index in [-0.39, 0.29) is 12.5 Å². The van der Waals surface area contributed by atoms with Crippen LogP contribution >= 0.6 is 0 Å². The van der Waals surface area contributed by atoms with Gasteiger partial charge in [-0.15, -0.1) is 0 Å². The fourth-order valence-electron chi connectivity index (χ4n) is 1.93. The van der Waals surface area contributed by atoms with Crippen molar-refractivity contribution in [2.75, 3.05) is 30.4 Å². The van der Waals surface area contributed by atoms with E-state index >= 15 is 0 Å². The van der Waals surface area contributed by atoms with Crippen LogP contribution in [0.15, 0.2) is 18.2 Å². The van der Waals surface area contributed by atoms with Crippen LogP contribution in [0.4, 0.5) is 11.4 Å². The topological polar surface area (TPSA) is 72.8 Å². The number of likely N-dealkylation sites (N-methyl/N-ethyl adjacent to an activating group) is 1. The van der Waals surface area contributed by atoms with Gasteiger partial charge in [-0.3, -0.25) is 4.79 Å². The lowest BCUT2D eigenvalue weighted by atomic mass is 10.1. The number of aliphatic hydroxyl groups excluding tert-OH is 2. The van der Waals surface area contributed by atoms with Gasteiger partial charge in [-0.25, -0.2) is 0 Å². The van der Waals surface area contributed by atoms with Gasteiger partial charge in [0.05, 0.1) is 19.1 Å². The fraction of sp³-hybridized carbons (Fsp3) is 0.417.